The van der Waals surface area contributed by atoms with E-state index in [1.54, 1.807) is 30.9 Å². The first kappa shape index (κ1) is 50.0. The molecule has 1 saturated heterocycles. The minimum Gasteiger partial charge on any atom is -0.480 e. The van der Waals surface area contributed by atoms with Crippen molar-refractivity contribution in [1.82, 2.24) is 20.0 Å². The van der Waals surface area contributed by atoms with Gasteiger partial charge < -0.3 is 35.4 Å². The van der Waals surface area contributed by atoms with Crippen molar-refractivity contribution < 1.29 is 38.6 Å². The van der Waals surface area contributed by atoms with Crippen molar-refractivity contribution in [1.29, 1.82) is 0 Å². The van der Waals surface area contributed by atoms with Gasteiger partial charge in [0.15, 0.2) is 5.78 Å². The Balaban J connectivity index is 1.78. The predicted octanol–water partition coefficient (Wildman–Crippen LogP) is 5.69. The maximum absolute atomic E-state index is 14.6. The average Bonchev–Trinajstić information content (AvgIpc) is 3.69. The third-order valence-electron chi connectivity index (χ3n) is 12.5. The molecule has 1 aliphatic rings. The number of amides is 3. The predicted molar refractivity (Wildman–Crippen MR) is 235 cm³/mol. The van der Waals surface area contributed by atoms with Crippen LogP contribution in [-0.2, 0) is 46.4 Å². The monoisotopic (exact) mass is 836 g/mol. The third-order valence-corrected chi connectivity index (χ3v) is 12.5. The van der Waals surface area contributed by atoms with Gasteiger partial charge in [-0.2, -0.15) is 0 Å². The number of carboxylic acids is 1. The molecule has 2 aromatic carbocycles. The number of likely N-dealkylation sites (tertiary alicyclic amines) is 1. The van der Waals surface area contributed by atoms with E-state index in [0.29, 0.717) is 31.6 Å². The number of nitrogens with two attached hydrogens (primary N) is 1. The summed E-state index contributed by atoms with van der Waals surface area (Å²) < 4.78 is 12.0. The number of carbonyl (C=O) groups excluding carboxylic acids is 4. The Morgan fingerprint density at radius 1 is 0.900 bits per heavy atom. The van der Waals surface area contributed by atoms with Crippen molar-refractivity contribution in [2.24, 2.45) is 29.6 Å². The highest BCUT2D eigenvalue weighted by Gasteiger charge is 2.43. The van der Waals surface area contributed by atoms with Gasteiger partial charge in [-0.25, -0.2) is 4.79 Å². The molecule has 13 nitrogen and oxygen atoms in total. The fourth-order valence-electron chi connectivity index (χ4n) is 9.07. The van der Waals surface area contributed by atoms with E-state index in [1.165, 1.54) is 7.11 Å². The molecule has 0 aromatic heterocycles. The lowest BCUT2D eigenvalue weighted by atomic mass is 9.83. The highest BCUT2D eigenvalue weighted by atomic mass is 16.5. The number of Topliss-reactive ketones (excluding diaryl/α,β-unsaturated/α-hetero) is 1. The van der Waals surface area contributed by atoms with Gasteiger partial charge in [-0.05, 0) is 60.9 Å². The van der Waals surface area contributed by atoms with E-state index in [1.807, 2.05) is 108 Å². The number of methoxy groups -OCH3 is 2. The number of hydrogen-bond donors (Lipinski definition) is 3. The lowest BCUT2D eigenvalue weighted by Gasteiger charge is -2.41. The molecule has 9 atom stereocenters. The molecule has 3 amide bonds. The molecule has 1 aliphatic heterocycles. The molecular weight excluding hydrogens is 763 g/mol. The van der Waals surface area contributed by atoms with Crippen LogP contribution in [0, 0.1) is 29.6 Å². The fraction of sp³-hybridized carbons (Fsp3) is 0.638. The Labute approximate surface area is 358 Å². The fourth-order valence-corrected chi connectivity index (χ4v) is 9.07. The highest BCUT2D eigenvalue weighted by molar-refractivity contribution is 5.90. The number of nitrogen functional groups attached to an aromatic ring is 1. The van der Waals surface area contributed by atoms with E-state index in [4.69, 9.17) is 15.2 Å². The summed E-state index contributed by atoms with van der Waals surface area (Å²) in [7, 11) is 6.74. The summed E-state index contributed by atoms with van der Waals surface area (Å²) in [5.74, 6) is -3.47. The van der Waals surface area contributed by atoms with Crippen LogP contribution in [0.2, 0.25) is 0 Å². The van der Waals surface area contributed by atoms with E-state index >= 15 is 0 Å². The van der Waals surface area contributed by atoms with E-state index in [0.717, 1.165) is 17.5 Å². The van der Waals surface area contributed by atoms with Crippen LogP contribution >= 0.6 is 0 Å². The highest BCUT2D eigenvalue weighted by Crippen LogP contribution is 2.31. The van der Waals surface area contributed by atoms with Crippen LogP contribution in [0.4, 0.5) is 5.69 Å². The van der Waals surface area contributed by atoms with Gasteiger partial charge in [0.25, 0.3) is 0 Å². The first-order valence-electron chi connectivity index (χ1n) is 21.6. The maximum Gasteiger partial charge on any atom is 0.326 e. The molecular formula is C47H73N5O8. The third kappa shape index (κ3) is 13.3. The smallest absolute Gasteiger partial charge is 0.326 e. The maximum atomic E-state index is 14.6. The van der Waals surface area contributed by atoms with Crippen molar-refractivity contribution in [3.05, 3.63) is 65.7 Å². The molecule has 0 radical (unpaired) electrons. The number of carbonyl (C=O) groups is 5. The molecule has 60 heavy (non-hydrogen) atoms. The van der Waals surface area contributed by atoms with Crippen LogP contribution in [0.1, 0.15) is 91.7 Å². The molecule has 0 saturated carbocycles. The molecule has 0 bridgehead atoms. The van der Waals surface area contributed by atoms with E-state index in [-0.39, 0.29) is 54.6 Å². The number of anilines is 1. The number of benzene rings is 2. The molecule has 0 spiro atoms. The SMILES string of the molecule is CC[C@H](C)C([C@@H](CC(=O)N1CCC[C@H]1[C@H](OC)[C@@H](C)C(=O)N[C@@H](Cc1ccccc1)C(=O)O)OC)N(C)C(=O)[C@@H](CC(=O)[C@H](C(C)C)N(C)Cc1cccc(N)c1)C(C)C. The summed E-state index contributed by atoms with van der Waals surface area (Å²) in [6.45, 7) is 14.7. The zero-order chi connectivity index (χ0) is 44.8. The van der Waals surface area contributed by atoms with Crippen molar-refractivity contribution in [3.8, 4) is 0 Å². The Kier molecular flexibility index (Phi) is 19.7. The van der Waals surface area contributed by atoms with E-state index in [2.05, 4.69) is 5.32 Å². The minimum absolute atomic E-state index is 0.000713. The number of ketones is 1. The van der Waals surface area contributed by atoms with Crippen LogP contribution < -0.4 is 11.1 Å². The van der Waals surface area contributed by atoms with Crippen LogP contribution in [0.15, 0.2) is 54.6 Å². The zero-order valence-electron chi connectivity index (χ0n) is 37.9. The first-order valence-corrected chi connectivity index (χ1v) is 21.6. The van der Waals surface area contributed by atoms with Gasteiger partial charge >= 0.3 is 5.97 Å². The number of aliphatic carboxylic acids is 1. The zero-order valence-corrected chi connectivity index (χ0v) is 37.9. The normalized spacial score (nSPS) is 18.4. The van der Waals surface area contributed by atoms with Gasteiger partial charge in [0.05, 0.1) is 42.7 Å². The quantitative estimate of drug-likeness (QED) is 0.112. The lowest BCUT2D eigenvalue weighted by Crippen LogP contribution is -2.55. The molecule has 1 fully saturated rings. The second-order valence-electron chi connectivity index (χ2n) is 17.5. The summed E-state index contributed by atoms with van der Waals surface area (Å²) in [6.07, 6.45) is 0.877. The molecule has 0 aliphatic carbocycles. The summed E-state index contributed by atoms with van der Waals surface area (Å²) in [4.78, 5) is 74.2. The molecule has 1 unspecified atom stereocenters. The Hall–Kier alpha value is -4.33. The second-order valence-corrected chi connectivity index (χ2v) is 17.5. The topological polar surface area (TPSA) is 172 Å². The van der Waals surface area contributed by atoms with Gasteiger partial charge in [-0.3, -0.25) is 24.1 Å². The molecule has 1 heterocycles. The first-order chi connectivity index (χ1) is 28.4. The number of rotatable bonds is 24. The molecule has 4 N–H and O–H groups in total. The van der Waals surface area contributed by atoms with Crippen molar-refractivity contribution >= 4 is 35.2 Å². The number of nitrogens with one attached hydrogen (secondary N) is 1. The van der Waals surface area contributed by atoms with Gasteiger partial charge in [0.1, 0.15) is 6.04 Å². The lowest BCUT2D eigenvalue weighted by molar-refractivity contribution is -0.149. The van der Waals surface area contributed by atoms with Crippen molar-refractivity contribution in [3.63, 3.8) is 0 Å². The molecule has 334 valence electrons. The van der Waals surface area contributed by atoms with Crippen LogP contribution in [0.25, 0.3) is 0 Å². The van der Waals surface area contributed by atoms with E-state index in [9.17, 15) is 29.1 Å². The number of likely N-dealkylation sites (N-methyl/N-ethyl adjacent to an activating group) is 2. The number of ether oxygens (including phenoxy) is 2. The number of nitrogens with zero attached hydrogens (tertiary/aromatic N) is 3. The molecule has 2 aromatic rings. The number of carboxylic acid groups (broad SMARTS) is 1. The van der Waals surface area contributed by atoms with Crippen molar-refractivity contribution in [2.75, 3.05) is 40.6 Å². The summed E-state index contributed by atoms with van der Waals surface area (Å²) in [6, 6.07) is 14.3. The largest absolute Gasteiger partial charge is 0.480 e. The summed E-state index contributed by atoms with van der Waals surface area (Å²) >= 11 is 0. The van der Waals surface area contributed by atoms with Gasteiger partial charge in [-0.15, -0.1) is 0 Å². The molecule has 3 rings (SSSR count). The Bertz CT molecular complexity index is 1710. The van der Waals surface area contributed by atoms with Gasteiger partial charge in [-0.1, -0.05) is 97.4 Å². The van der Waals surface area contributed by atoms with Crippen LogP contribution in [0.5, 0.6) is 0 Å². The Morgan fingerprint density at radius 2 is 1.55 bits per heavy atom. The van der Waals surface area contributed by atoms with Gasteiger partial charge in [0, 0.05) is 58.8 Å². The van der Waals surface area contributed by atoms with Crippen molar-refractivity contribution in [2.45, 2.75) is 130 Å². The van der Waals surface area contributed by atoms with Gasteiger partial charge in [0.2, 0.25) is 17.7 Å². The summed E-state index contributed by atoms with van der Waals surface area (Å²) in [5, 5.41) is 12.6. The van der Waals surface area contributed by atoms with Crippen LogP contribution in [-0.4, -0.2) is 121 Å². The standard InChI is InChI=1S/C47H73N5O8/c1-12-31(6)43(51(9)46(56)36(29(2)3)26-39(53)42(30(4)5)50(8)28-34-20-16-21-35(48)24-34)40(59-10)27-41(54)52-23-17-22-38(52)44(60-11)32(7)45(55)49-37(47(57)58)25-33-18-14-13-15-19-33/h13-16,18-21,24,29-32,36-38,40,42-44H,12,17,22-23,25-28,48H2,1-11H3,(H,49,55)(H,57,58)/t31-,32+,36-,37-,38-,40+,42-,43?,44+/m0/s1. The number of hydrogen-bond acceptors (Lipinski definition) is 9. The minimum atomic E-state index is -1.14. The van der Waals surface area contributed by atoms with E-state index < -0.39 is 60.1 Å². The summed E-state index contributed by atoms with van der Waals surface area (Å²) in [5.41, 5.74) is 8.48. The van der Waals surface area contributed by atoms with Crippen LogP contribution in [0.3, 0.4) is 0 Å². The Morgan fingerprint density at radius 3 is 2.10 bits per heavy atom. The second kappa shape index (κ2) is 23.6. The molecule has 13 heteroatoms. The average molecular weight is 836 g/mol.